The molecule has 29 rings (SSSR count). The summed E-state index contributed by atoms with van der Waals surface area (Å²) in [5.74, 6) is 0. The zero-order valence-corrected chi connectivity index (χ0v) is 78.8. The number of hydrogen-bond donors (Lipinski definition) is 0. The minimum Gasteiger partial charge on any atom is -0.309 e. The fourth-order valence-electron chi connectivity index (χ4n) is 22.7. The van der Waals surface area contributed by atoms with Crippen LogP contribution in [0.25, 0.3) is 254 Å². The Labute approximate surface area is 833 Å². The highest BCUT2D eigenvalue weighted by Gasteiger charge is 2.27. The van der Waals surface area contributed by atoms with Gasteiger partial charge in [0, 0.05) is 98.6 Å². The molecule has 0 fully saturated rings. The van der Waals surface area contributed by atoms with Gasteiger partial charge in [-0.3, -0.25) is 0 Å². The molecule has 6 aromatic heterocycles. The lowest BCUT2D eigenvalue weighted by molar-refractivity contribution is 1.17. The number of fused-ring (bicyclic) bond motifs is 21. The predicted octanol–water partition coefficient (Wildman–Crippen LogP) is 37.0. The third-order valence-corrected chi connectivity index (χ3v) is 29.2. The number of rotatable bonds is 14. The number of nitrogens with zero attached hydrogens (tertiary/aromatic N) is 6. The fraction of sp³-hybridized carbons (Fsp3) is 0. The van der Waals surface area contributed by atoms with Crippen LogP contribution in [0.4, 0.5) is 0 Å². The second kappa shape index (κ2) is 35.7. The highest BCUT2D eigenvalue weighted by atomic mass is 15.0. The monoisotopic (exact) mass is 1830 g/mol. The van der Waals surface area contributed by atoms with E-state index in [1.165, 1.54) is 226 Å². The van der Waals surface area contributed by atoms with Gasteiger partial charge in [0.05, 0.1) is 71.9 Å². The van der Waals surface area contributed by atoms with E-state index in [9.17, 15) is 0 Å². The maximum absolute atomic E-state index is 2.45. The molecule has 23 aromatic carbocycles. The summed E-state index contributed by atoms with van der Waals surface area (Å²) in [5, 5.41) is 15.3. The average molecular weight is 1830 g/mol. The van der Waals surface area contributed by atoms with E-state index in [2.05, 4.69) is 586 Å². The van der Waals surface area contributed by atoms with E-state index in [0.717, 1.165) is 28.4 Å². The highest BCUT2D eigenvalue weighted by molar-refractivity contribution is 6.32. The Bertz CT molecular complexity index is 9940. The van der Waals surface area contributed by atoms with E-state index in [1.54, 1.807) is 0 Å². The summed E-state index contributed by atoms with van der Waals surface area (Å²) in [6.07, 6.45) is 0. The number of para-hydroxylation sites is 7. The van der Waals surface area contributed by atoms with Crippen molar-refractivity contribution in [2.24, 2.45) is 0 Å². The van der Waals surface area contributed by atoms with Crippen LogP contribution in [0.1, 0.15) is 0 Å². The van der Waals surface area contributed by atoms with Crippen molar-refractivity contribution < 1.29 is 0 Å². The maximum atomic E-state index is 2.45. The van der Waals surface area contributed by atoms with Gasteiger partial charge in [-0.15, -0.1) is 0 Å². The largest absolute Gasteiger partial charge is 0.309 e. The summed E-state index contributed by atoms with van der Waals surface area (Å²) in [5.41, 5.74) is 41.0. The smallest absolute Gasteiger partial charge is 0.0549 e. The molecule has 6 heterocycles. The summed E-state index contributed by atoms with van der Waals surface area (Å²) in [4.78, 5) is 0. The van der Waals surface area contributed by atoms with Crippen LogP contribution in [-0.4, -0.2) is 27.4 Å². The van der Waals surface area contributed by atoms with Gasteiger partial charge >= 0.3 is 0 Å². The molecule has 144 heavy (non-hydrogen) atoms. The maximum Gasteiger partial charge on any atom is 0.0549 e. The first kappa shape index (κ1) is 84.2. The van der Waals surface area contributed by atoms with E-state index in [-0.39, 0.29) is 0 Å². The Balaban J connectivity index is 0.000000108. The molecule has 0 amide bonds. The Morgan fingerprint density at radius 2 is 0.285 bits per heavy atom. The van der Waals surface area contributed by atoms with Crippen molar-refractivity contribution in [2.75, 3.05) is 0 Å². The lowest BCUT2D eigenvalue weighted by Gasteiger charge is -2.14. The van der Waals surface area contributed by atoms with Crippen molar-refractivity contribution in [1.82, 2.24) is 27.4 Å². The zero-order chi connectivity index (χ0) is 95.1. The lowest BCUT2D eigenvalue weighted by Crippen LogP contribution is -1.97. The van der Waals surface area contributed by atoms with Crippen molar-refractivity contribution in [1.29, 1.82) is 0 Å². The quantitative estimate of drug-likeness (QED) is 0.104. The second-order valence-electron chi connectivity index (χ2n) is 37.3. The first-order valence-corrected chi connectivity index (χ1v) is 49.5. The average Bonchev–Trinajstić information content (AvgIpc) is 1.55. The van der Waals surface area contributed by atoms with Crippen molar-refractivity contribution in [3.8, 4) is 123 Å². The standard InChI is InChI=1S/2C48H32N2.C42H28N2/c1-3-12-33(13-4-1)35-22-26-39(27-23-35)49-43-20-9-7-18-41(43)47-45(49)30-31-46-48(47)42-19-8-10-21-44(42)50(46)40-28-24-36(25-29-40)38-17-11-16-37(32-38)34-14-5-2-6-15-34;1-3-12-33(13-4-1)35-22-24-37(25-23-35)38-16-11-17-40(32-38)50-44-21-10-8-19-42(44)48-46(50)31-30-45-47(48)41-18-7-9-20-43(41)49(45)39-28-26-36(27-29-39)34-14-5-2-6-15-34;1-3-14-29(15-4-1)31-18-13-19-32(28-31)43-37-24-11-8-21-34(37)41-39(43)26-27-40-42(41)35-22-9-12-25-38(35)44(40)36-23-10-7-20-33(36)30-16-5-2-6-17-30/h2*1-32H;1-28H. The van der Waals surface area contributed by atoms with Gasteiger partial charge < -0.3 is 27.4 Å². The zero-order valence-electron chi connectivity index (χ0n) is 78.8. The molecule has 0 saturated heterocycles. The Hall–Kier alpha value is -19.1. The van der Waals surface area contributed by atoms with E-state index in [1.807, 2.05) is 0 Å². The van der Waals surface area contributed by atoms with Gasteiger partial charge in [-0.25, -0.2) is 0 Å². The van der Waals surface area contributed by atoms with Crippen molar-refractivity contribution in [3.05, 3.63) is 558 Å². The molecule has 0 aliphatic heterocycles. The van der Waals surface area contributed by atoms with Gasteiger partial charge in [-0.05, 0) is 229 Å². The van der Waals surface area contributed by atoms with E-state index in [4.69, 9.17) is 0 Å². The van der Waals surface area contributed by atoms with Gasteiger partial charge in [-0.1, -0.05) is 413 Å². The van der Waals surface area contributed by atoms with Gasteiger partial charge in [-0.2, -0.15) is 0 Å². The third kappa shape index (κ3) is 14.5. The minimum atomic E-state index is 1.15. The molecule has 6 nitrogen and oxygen atoms in total. The molecule has 0 unspecified atom stereocenters. The van der Waals surface area contributed by atoms with Crippen LogP contribution in [0.2, 0.25) is 0 Å². The van der Waals surface area contributed by atoms with Gasteiger partial charge in [0.25, 0.3) is 0 Å². The summed E-state index contributed by atoms with van der Waals surface area (Å²) >= 11 is 0. The molecule has 0 aliphatic rings. The van der Waals surface area contributed by atoms with Gasteiger partial charge in [0.2, 0.25) is 0 Å². The van der Waals surface area contributed by atoms with Crippen molar-refractivity contribution in [2.45, 2.75) is 0 Å². The molecule has 29 aromatic rings. The summed E-state index contributed by atoms with van der Waals surface area (Å²) in [6.45, 7) is 0. The fourth-order valence-corrected chi connectivity index (χ4v) is 22.7. The minimum absolute atomic E-state index is 1.15. The van der Waals surface area contributed by atoms with E-state index in [0.29, 0.717) is 0 Å². The molecule has 674 valence electrons. The molecule has 0 atom stereocenters. The normalized spacial score (nSPS) is 11.6. The molecule has 0 radical (unpaired) electrons. The van der Waals surface area contributed by atoms with Crippen molar-refractivity contribution in [3.63, 3.8) is 0 Å². The van der Waals surface area contributed by atoms with E-state index >= 15 is 0 Å². The van der Waals surface area contributed by atoms with Crippen LogP contribution >= 0.6 is 0 Å². The topological polar surface area (TPSA) is 29.6 Å². The first-order chi connectivity index (χ1) is 71.5. The van der Waals surface area contributed by atoms with E-state index < -0.39 is 0 Å². The van der Waals surface area contributed by atoms with Gasteiger partial charge in [0.1, 0.15) is 0 Å². The predicted molar refractivity (Wildman–Crippen MR) is 609 cm³/mol. The van der Waals surface area contributed by atoms with Crippen LogP contribution in [0.15, 0.2) is 558 Å². The Morgan fingerprint density at radius 3 is 0.576 bits per heavy atom. The van der Waals surface area contributed by atoms with Crippen LogP contribution in [-0.2, 0) is 0 Å². The molecule has 0 N–H and O–H groups in total. The number of hydrogen-bond acceptors (Lipinski definition) is 0. The molecule has 0 spiro atoms. The summed E-state index contributed by atoms with van der Waals surface area (Å²) < 4.78 is 14.6. The number of benzene rings is 23. The summed E-state index contributed by atoms with van der Waals surface area (Å²) in [6, 6.07) is 202. The van der Waals surface area contributed by atoms with Gasteiger partial charge in [0.15, 0.2) is 0 Å². The van der Waals surface area contributed by atoms with Crippen LogP contribution in [0.5, 0.6) is 0 Å². The third-order valence-electron chi connectivity index (χ3n) is 29.2. The molecular formula is C138H92N6. The van der Waals surface area contributed by atoms with Crippen LogP contribution in [0.3, 0.4) is 0 Å². The summed E-state index contributed by atoms with van der Waals surface area (Å²) in [7, 11) is 0. The molecule has 0 aliphatic carbocycles. The SMILES string of the molecule is c1ccc(-c2ccc(-c3cccc(-n4c5ccccc5c5c6c7ccccc7n(-c7ccc(-c8ccccc8)cc7)c6ccc54)c3)cc2)cc1.c1ccc(-c2ccc(-n3c4ccccc4c4c5c6ccccc6n(-c6ccc(-c7cccc(-c8ccccc8)c7)cc6)c5ccc43)cc2)cc1.c1ccc(-c2cccc(-n3c4ccccc4c4c5c6ccccc6n(-c6ccccc6-c6ccccc6)c5ccc43)c2)cc1. The Kier molecular flexibility index (Phi) is 20.9. The number of aromatic nitrogens is 6. The lowest BCUT2D eigenvalue weighted by atomic mass is 9.99. The van der Waals surface area contributed by atoms with Crippen LogP contribution in [0, 0.1) is 0 Å². The highest BCUT2D eigenvalue weighted by Crippen LogP contribution is 2.49. The molecular weight excluding hydrogens is 1740 g/mol. The molecule has 6 heteroatoms. The Morgan fingerprint density at radius 1 is 0.0972 bits per heavy atom. The molecule has 0 bridgehead atoms. The molecule has 0 saturated carbocycles. The second-order valence-corrected chi connectivity index (χ2v) is 37.3. The first-order valence-electron chi connectivity index (χ1n) is 49.5. The van der Waals surface area contributed by atoms with Crippen LogP contribution < -0.4 is 0 Å². The van der Waals surface area contributed by atoms with Crippen molar-refractivity contribution >= 4 is 131 Å².